The van der Waals surface area contributed by atoms with Gasteiger partial charge < -0.3 is 4.74 Å². The molecule has 1 nitrogen and oxygen atoms in total. The van der Waals surface area contributed by atoms with Crippen LogP contribution in [0.5, 0.6) is 0 Å². The Balaban J connectivity index is 1.81. The number of rotatable bonds is 3. The summed E-state index contributed by atoms with van der Waals surface area (Å²) in [6.07, 6.45) is 8.02. The van der Waals surface area contributed by atoms with E-state index in [0.29, 0.717) is 5.41 Å². The molecular weight excluding hydrogens is 184 g/mol. The summed E-state index contributed by atoms with van der Waals surface area (Å²) >= 11 is 6.05. The van der Waals surface area contributed by atoms with E-state index in [1.54, 1.807) is 0 Å². The molecule has 0 radical (unpaired) electrons. The van der Waals surface area contributed by atoms with Crippen molar-refractivity contribution in [1.29, 1.82) is 0 Å². The second-order valence-electron chi connectivity index (χ2n) is 4.75. The molecule has 1 aliphatic carbocycles. The Bertz CT molecular complexity index is 154. The van der Waals surface area contributed by atoms with Gasteiger partial charge >= 0.3 is 0 Å². The van der Waals surface area contributed by atoms with Gasteiger partial charge in [-0.3, -0.25) is 0 Å². The molecule has 1 aliphatic heterocycles. The molecule has 1 saturated heterocycles. The number of hydrogen-bond acceptors (Lipinski definition) is 1. The standard InChI is InChI=1S/C11H19ClO/c12-9-11(4-1-5-11)8-10-2-6-13-7-3-10/h10H,1-9H2. The van der Waals surface area contributed by atoms with Crippen LogP contribution in [-0.2, 0) is 4.74 Å². The molecule has 2 rings (SSSR count). The summed E-state index contributed by atoms with van der Waals surface area (Å²) in [5, 5.41) is 0. The number of ether oxygens (including phenoxy) is 1. The van der Waals surface area contributed by atoms with E-state index in [4.69, 9.17) is 16.3 Å². The lowest BCUT2D eigenvalue weighted by Crippen LogP contribution is -2.35. The quantitative estimate of drug-likeness (QED) is 0.639. The molecule has 2 heteroatoms. The summed E-state index contributed by atoms with van der Waals surface area (Å²) in [6, 6.07) is 0. The van der Waals surface area contributed by atoms with Crippen LogP contribution in [0.2, 0.25) is 0 Å². The first-order valence-electron chi connectivity index (χ1n) is 5.48. The van der Waals surface area contributed by atoms with E-state index in [2.05, 4.69) is 0 Å². The monoisotopic (exact) mass is 202 g/mol. The Labute approximate surface area is 85.8 Å². The van der Waals surface area contributed by atoms with E-state index in [1.807, 2.05) is 0 Å². The maximum Gasteiger partial charge on any atom is 0.0468 e. The van der Waals surface area contributed by atoms with Crippen LogP contribution in [0.1, 0.15) is 38.5 Å². The van der Waals surface area contributed by atoms with Gasteiger partial charge in [-0.2, -0.15) is 0 Å². The molecule has 0 spiro atoms. The highest BCUT2D eigenvalue weighted by Crippen LogP contribution is 2.48. The van der Waals surface area contributed by atoms with E-state index in [0.717, 1.165) is 25.0 Å². The Morgan fingerprint density at radius 3 is 2.38 bits per heavy atom. The molecule has 0 aromatic rings. The van der Waals surface area contributed by atoms with Gasteiger partial charge in [0.2, 0.25) is 0 Å². The minimum Gasteiger partial charge on any atom is -0.381 e. The maximum atomic E-state index is 6.05. The van der Waals surface area contributed by atoms with Gasteiger partial charge in [0.15, 0.2) is 0 Å². The summed E-state index contributed by atoms with van der Waals surface area (Å²) in [5.41, 5.74) is 0.531. The predicted octanol–water partition coefficient (Wildman–Crippen LogP) is 3.21. The molecule has 0 aromatic carbocycles. The molecule has 0 atom stereocenters. The third-order valence-electron chi connectivity index (χ3n) is 3.76. The van der Waals surface area contributed by atoms with Crippen molar-refractivity contribution in [3.05, 3.63) is 0 Å². The van der Waals surface area contributed by atoms with Crippen LogP contribution in [-0.4, -0.2) is 19.1 Å². The zero-order valence-electron chi connectivity index (χ0n) is 8.23. The van der Waals surface area contributed by atoms with Crippen molar-refractivity contribution in [3.63, 3.8) is 0 Å². The van der Waals surface area contributed by atoms with Gasteiger partial charge in [0.25, 0.3) is 0 Å². The molecule has 1 saturated carbocycles. The van der Waals surface area contributed by atoms with Crippen LogP contribution in [0.3, 0.4) is 0 Å². The highest BCUT2D eigenvalue weighted by atomic mass is 35.5. The molecule has 13 heavy (non-hydrogen) atoms. The van der Waals surface area contributed by atoms with Gasteiger partial charge in [-0.25, -0.2) is 0 Å². The predicted molar refractivity (Wildman–Crippen MR) is 55.2 cm³/mol. The average molecular weight is 203 g/mol. The van der Waals surface area contributed by atoms with Gasteiger partial charge in [0.05, 0.1) is 0 Å². The van der Waals surface area contributed by atoms with Crippen molar-refractivity contribution < 1.29 is 4.74 Å². The average Bonchev–Trinajstić information content (AvgIpc) is 2.13. The van der Waals surface area contributed by atoms with Crippen LogP contribution in [0.15, 0.2) is 0 Å². The fraction of sp³-hybridized carbons (Fsp3) is 1.00. The zero-order chi connectivity index (χ0) is 9.15. The topological polar surface area (TPSA) is 9.23 Å². The molecule has 0 bridgehead atoms. The van der Waals surface area contributed by atoms with Crippen molar-refractivity contribution in [2.75, 3.05) is 19.1 Å². The van der Waals surface area contributed by atoms with Crippen LogP contribution < -0.4 is 0 Å². The zero-order valence-corrected chi connectivity index (χ0v) is 8.98. The van der Waals surface area contributed by atoms with Crippen molar-refractivity contribution in [2.45, 2.75) is 38.5 Å². The van der Waals surface area contributed by atoms with E-state index in [1.165, 1.54) is 38.5 Å². The van der Waals surface area contributed by atoms with Crippen molar-refractivity contribution in [3.8, 4) is 0 Å². The Morgan fingerprint density at radius 2 is 1.92 bits per heavy atom. The molecule has 2 fully saturated rings. The maximum absolute atomic E-state index is 6.05. The summed E-state index contributed by atoms with van der Waals surface area (Å²) < 4.78 is 5.37. The molecule has 0 unspecified atom stereocenters. The summed E-state index contributed by atoms with van der Waals surface area (Å²) in [6.45, 7) is 1.95. The Hall–Kier alpha value is 0.250. The second-order valence-corrected chi connectivity index (χ2v) is 5.01. The first-order valence-corrected chi connectivity index (χ1v) is 6.02. The lowest BCUT2D eigenvalue weighted by Gasteiger charge is -2.43. The molecule has 0 aromatic heterocycles. The van der Waals surface area contributed by atoms with Gasteiger partial charge in [-0.15, -0.1) is 11.6 Å². The highest BCUT2D eigenvalue weighted by Gasteiger charge is 2.38. The van der Waals surface area contributed by atoms with Gasteiger partial charge in [-0.1, -0.05) is 6.42 Å². The number of hydrogen-bond donors (Lipinski definition) is 0. The molecule has 0 N–H and O–H groups in total. The first kappa shape index (κ1) is 9.79. The van der Waals surface area contributed by atoms with E-state index < -0.39 is 0 Å². The van der Waals surface area contributed by atoms with Gasteiger partial charge in [0, 0.05) is 19.1 Å². The Morgan fingerprint density at radius 1 is 1.23 bits per heavy atom. The van der Waals surface area contributed by atoms with Crippen molar-refractivity contribution >= 4 is 11.6 Å². The minimum absolute atomic E-state index is 0.531. The van der Waals surface area contributed by atoms with E-state index >= 15 is 0 Å². The fourth-order valence-corrected chi connectivity index (χ4v) is 3.01. The van der Waals surface area contributed by atoms with Crippen LogP contribution in [0.4, 0.5) is 0 Å². The largest absolute Gasteiger partial charge is 0.381 e. The second kappa shape index (κ2) is 4.18. The van der Waals surface area contributed by atoms with Crippen molar-refractivity contribution in [2.24, 2.45) is 11.3 Å². The molecule has 0 amide bonds. The van der Waals surface area contributed by atoms with Crippen LogP contribution >= 0.6 is 11.6 Å². The molecule has 1 heterocycles. The summed E-state index contributed by atoms with van der Waals surface area (Å²) in [5.74, 6) is 1.78. The summed E-state index contributed by atoms with van der Waals surface area (Å²) in [7, 11) is 0. The van der Waals surface area contributed by atoms with Crippen molar-refractivity contribution in [1.82, 2.24) is 0 Å². The third kappa shape index (κ3) is 2.19. The smallest absolute Gasteiger partial charge is 0.0468 e. The molecular formula is C11H19ClO. The van der Waals surface area contributed by atoms with Gasteiger partial charge in [0.1, 0.15) is 0 Å². The number of halogens is 1. The van der Waals surface area contributed by atoms with Crippen LogP contribution in [0, 0.1) is 11.3 Å². The van der Waals surface area contributed by atoms with Crippen LogP contribution in [0.25, 0.3) is 0 Å². The third-order valence-corrected chi connectivity index (χ3v) is 4.33. The lowest BCUT2D eigenvalue weighted by atomic mass is 9.64. The van der Waals surface area contributed by atoms with Gasteiger partial charge in [-0.05, 0) is 43.4 Å². The summed E-state index contributed by atoms with van der Waals surface area (Å²) in [4.78, 5) is 0. The van der Waals surface area contributed by atoms with E-state index in [-0.39, 0.29) is 0 Å². The Kier molecular flexibility index (Phi) is 3.15. The normalized spacial score (nSPS) is 28.4. The molecule has 2 aliphatic rings. The molecule has 76 valence electrons. The number of alkyl halides is 1. The fourth-order valence-electron chi connectivity index (χ4n) is 2.63. The minimum atomic E-state index is 0.531. The SMILES string of the molecule is ClCC1(CC2CCOCC2)CCC1. The first-order chi connectivity index (χ1) is 6.35. The lowest BCUT2D eigenvalue weighted by molar-refractivity contribution is 0.0325. The highest BCUT2D eigenvalue weighted by molar-refractivity contribution is 6.18. The van der Waals surface area contributed by atoms with E-state index in [9.17, 15) is 0 Å².